The fourth-order valence-electron chi connectivity index (χ4n) is 2.68. The average molecular weight is 341 g/mol. The third-order valence-electron chi connectivity index (χ3n) is 3.87. The Labute approximate surface area is 142 Å². The number of halogens is 2. The van der Waals surface area contributed by atoms with E-state index >= 15 is 0 Å². The molecule has 0 atom stereocenters. The molecule has 1 saturated heterocycles. The summed E-state index contributed by atoms with van der Waals surface area (Å²) in [4.78, 5) is 14.4. The van der Waals surface area contributed by atoms with E-state index in [1.54, 1.807) is 12.1 Å². The van der Waals surface area contributed by atoms with Crippen molar-refractivity contribution in [2.45, 2.75) is 32.2 Å². The predicted molar refractivity (Wildman–Crippen MR) is 93.4 cm³/mol. The second kappa shape index (κ2) is 8.56. The number of carbonyl (C=O) groups excluding carboxylic acids is 1. The van der Waals surface area contributed by atoms with Crippen molar-refractivity contribution in [1.82, 2.24) is 10.2 Å². The Morgan fingerprint density at radius 2 is 2.09 bits per heavy atom. The largest absolute Gasteiger partial charge is 0.350 e. The van der Waals surface area contributed by atoms with Crippen LogP contribution >= 0.6 is 23.2 Å². The van der Waals surface area contributed by atoms with Gasteiger partial charge in [0, 0.05) is 25.2 Å². The molecular weight excluding hydrogens is 319 g/mol. The molecule has 0 bridgehead atoms. The Kier molecular flexibility index (Phi) is 6.74. The van der Waals surface area contributed by atoms with Crippen LogP contribution in [0.3, 0.4) is 0 Å². The van der Waals surface area contributed by atoms with E-state index in [1.165, 1.54) is 12.5 Å². The van der Waals surface area contributed by atoms with E-state index in [2.05, 4.69) is 17.1 Å². The highest BCUT2D eigenvalue weighted by molar-refractivity contribution is 6.42. The topological polar surface area (TPSA) is 32.3 Å². The van der Waals surface area contributed by atoms with Crippen LogP contribution in [0.4, 0.5) is 0 Å². The molecular formula is C17H22Cl2N2O. The van der Waals surface area contributed by atoms with Gasteiger partial charge in [-0.2, -0.15) is 0 Å². The molecule has 1 aromatic carbocycles. The molecule has 1 heterocycles. The molecule has 0 saturated carbocycles. The number of hydrogen-bond acceptors (Lipinski definition) is 2. The fraction of sp³-hybridized carbons (Fsp3) is 0.471. The maximum absolute atomic E-state index is 12.0. The quantitative estimate of drug-likeness (QED) is 0.821. The molecule has 1 aliphatic heterocycles. The summed E-state index contributed by atoms with van der Waals surface area (Å²) in [5.74, 6) is -0.0787. The summed E-state index contributed by atoms with van der Waals surface area (Å²) in [6, 6.07) is 5.64. The molecule has 1 aliphatic rings. The van der Waals surface area contributed by atoms with Gasteiger partial charge < -0.3 is 10.2 Å². The molecule has 1 fully saturated rings. The molecule has 1 N–H and O–H groups in total. The molecule has 5 heteroatoms. The average Bonchev–Trinajstić information content (AvgIpc) is 2.51. The standard InChI is InChI=1S/C17H22Cl2N2O/c1-2-10-21-11-8-14(9-12-21)20-16(22)7-6-13-4-3-5-15(18)17(13)19/h3-7,14H,2,8-12H2,1H3,(H,20,22)/b7-6+. The minimum Gasteiger partial charge on any atom is -0.350 e. The Morgan fingerprint density at radius 1 is 1.36 bits per heavy atom. The van der Waals surface area contributed by atoms with E-state index in [0.717, 1.165) is 38.0 Å². The van der Waals surface area contributed by atoms with Crippen molar-refractivity contribution in [2.24, 2.45) is 0 Å². The van der Waals surface area contributed by atoms with Crippen molar-refractivity contribution in [1.29, 1.82) is 0 Å². The lowest BCUT2D eigenvalue weighted by Gasteiger charge is -2.31. The zero-order chi connectivity index (χ0) is 15.9. The summed E-state index contributed by atoms with van der Waals surface area (Å²) in [6.07, 6.45) is 6.43. The van der Waals surface area contributed by atoms with Crippen LogP contribution in [0.5, 0.6) is 0 Å². The van der Waals surface area contributed by atoms with Crippen LogP contribution in [0.1, 0.15) is 31.7 Å². The number of carbonyl (C=O) groups is 1. The number of hydrogen-bond donors (Lipinski definition) is 1. The number of likely N-dealkylation sites (tertiary alicyclic amines) is 1. The Bertz CT molecular complexity index is 537. The molecule has 0 aromatic heterocycles. The van der Waals surface area contributed by atoms with Crippen molar-refractivity contribution < 1.29 is 4.79 Å². The summed E-state index contributed by atoms with van der Waals surface area (Å²) in [7, 11) is 0. The van der Waals surface area contributed by atoms with Gasteiger partial charge in [0.05, 0.1) is 10.0 Å². The second-order valence-corrected chi connectivity index (χ2v) is 6.39. The number of nitrogens with one attached hydrogen (secondary N) is 1. The van der Waals surface area contributed by atoms with Crippen LogP contribution in [-0.4, -0.2) is 36.5 Å². The van der Waals surface area contributed by atoms with Gasteiger partial charge in [0.2, 0.25) is 5.91 Å². The third kappa shape index (κ3) is 5.01. The molecule has 0 radical (unpaired) electrons. The number of benzene rings is 1. The first kappa shape index (κ1) is 17.3. The van der Waals surface area contributed by atoms with Crippen LogP contribution < -0.4 is 5.32 Å². The minimum atomic E-state index is -0.0787. The first-order valence-corrected chi connectivity index (χ1v) is 8.50. The smallest absolute Gasteiger partial charge is 0.244 e. The molecule has 22 heavy (non-hydrogen) atoms. The summed E-state index contributed by atoms with van der Waals surface area (Å²) >= 11 is 12.0. The first-order valence-electron chi connectivity index (χ1n) is 7.75. The van der Waals surface area contributed by atoms with Gasteiger partial charge in [0.15, 0.2) is 0 Å². The maximum atomic E-state index is 12.0. The van der Waals surface area contributed by atoms with Gasteiger partial charge in [-0.05, 0) is 43.5 Å². The molecule has 1 aromatic rings. The Balaban J connectivity index is 1.83. The van der Waals surface area contributed by atoms with Crippen LogP contribution in [0.2, 0.25) is 10.0 Å². The van der Waals surface area contributed by atoms with Crippen molar-refractivity contribution in [3.8, 4) is 0 Å². The van der Waals surface area contributed by atoms with Gasteiger partial charge in [-0.15, -0.1) is 0 Å². The van der Waals surface area contributed by atoms with Crippen molar-refractivity contribution in [2.75, 3.05) is 19.6 Å². The normalized spacial score (nSPS) is 17.0. The molecule has 2 rings (SSSR count). The zero-order valence-electron chi connectivity index (χ0n) is 12.8. The van der Waals surface area contributed by atoms with Crippen LogP contribution in [-0.2, 0) is 4.79 Å². The van der Waals surface area contributed by atoms with Crippen LogP contribution in [0.25, 0.3) is 6.08 Å². The van der Waals surface area contributed by atoms with Gasteiger partial charge in [-0.3, -0.25) is 4.79 Å². The van der Waals surface area contributed by atoms with E-state index < -0.39 is 0 Å². The second-order valence-electron chi connectivity index (χ2n) is 5.60. The van der Waals surface area contributed by atoms with Gasteiger partial charge in [0.1, 0.15) is 0 Å². The monoisotopic (exact) mass is 340 g/mol. The first-order chi connectivity index (χ1) is 10.6. The van der Waals surface area contributed by atoms with E-state index in [1.807, 2.05) is 12.1 Å². The van der Waals surface area contributed by atoms with Gasteiger partial charge in [-0.25, -0.2) is 0 Å². The Morgan fingerprint density at radius 3 is 2.77 bits per heavy atom. The van der Waals surface area contributed by atoms with Crippen molar-refractivity contribution in [3.05, 3.63) is 39.9 Å². The van der Waals surface area contributed by atoms with Gasteiger partial charge >= 0.3 is 0 Å². The van der Waals surface area contributed by atoms with Crippen molar-refractivity contribution >= 4 is 35.2 Å². The molecule has 0 aliphatic carbocycles. The molecule has 1 amide bonds. The Hall–Kier alpha value is -1.03. The fourth-order valence-corrected chi connectivity index (χ4v) is 3.05. The van der Waals surface area contributed by atoms with Gasteiger partial charge in [0.25, 0.3) is 0 Å². The zero-order valence-corrected chi connectivity index (χ0v) is 14.3. The highest BCUT2D eigenvalue weighted by Crippen LogP contribution is 2.26. The molecule has 120 valence electrons. The summed E-state index contributed by atoms with van der Waals surface area (Å²) in [6.45, 7) is 5.46. The predicted octanol–water partition coefficient (Wildman–Crippen LogP) is 4.00. The van der Waals surface area contributed by atoms with E-state index in [-0.39, 0.29) is 11.9 Å². The number of nitrogens with zero attached hydrogens (tertiary/aromatic N) is 1. The lowest BCUT2D eigenvalue weighted by molar-refractivity contribution is -0.117. The lowest BCUT2D eigenvalue weighted by atomic mass is 10.0. The molecule has 3 nitrogen and oxygen atoms in total. The van der Waals surface area contributed by atoms with E-state index in [0.29, 0.717) is 10.0 Å². The highest BCUT2D eigenvalue weighted by Gasteiger charge is 2.19. The summed E-state index contributed by atoms with van der Waals surface area (Å²) in [5, 5.41) is 4.02. The summed E-state index contributed by atoms with van der Waals surface area (Å²) in [5.41, 5.74) is 0.752. The number of rotatable bonds is 5. The third-order valence-corrected chi connectivity index (χ3v) is 4.70. The SMILES string of the molecule is CCCN1CCC(NC(=O)/C=C/c2cccc(Cl)c2Cl)CC1. The molecule has 0 unspecified atom stereocenters. The maximum Gasteiger partial charge on any atom is 0.244 e. The van der Waals surface area contributed by atoms with Crippen molar-refractivity contribution in [3.63, 3.8) is 0 Å². The number of amides is 1. The van der Waals surface area contributed by atoms with Crippen LogP contribution in [0.15, 0.2) is 24.3 Å². The highest BCUT2D eigenvalue weighted by atomic mass is 35.5. The lowest BCUT2D eigenvalue weighted by Crippen LogP contribution is -2.44. The summed E-state index contributed by atoms with van der Waals surface area (Å²) < 4.78 is 0. The van der Waals surface area contributed by atoms with Crippen LogP contribution in [0, 0.1) is 0 Å². The van der Waals surface area contributed by atoms with E-state index in [9.17, 15) is 4.79 Å². The van der Waals surface area contributed by atoms with E-state index in [4.69, 9.17) is 23.2 Å². The number of piperidine rings is 1. The minimum absolute atomic E-state index is 0.0787. The molecule has 0 spiro atoms. The van der Waals surface area contributed by atoms with Gasteiger partial charge in [-0.1, -0.05) is 42.3 Å².